The molecule has 5 nitrogen and oxygen atoms in total. The fraction of sp³-hybridized carbons (Fsp3) is 0.261. The topological polar surface area (TPSA) is 48.5 Å². The summed E-state index contributed by atoms with van der Waals surface area (Å²) in [7, 11) is 2.01. The highest BCUT2D eigenvalue weighted by Crippen LogP contribution is 2.39. The average molecular weight is 371 g/mol. The molecule has 0 amide bonds. The lowest BCUT2D eigenvalue weighted by atomic mass is 9.79. The van der Waals surface area contributed by atoms with Crippen LogP contribution >= 0.6 is 0 Å². The smallest absolute Gasteiger partial charge is 0.172 e. The highest BCUT2D eigenvalue weighted by molar-refractivity contribution is 5.47. The molecule has 0 aliphatic heterocycles. The van der Waals surface area contributed by atoms with Crippen molar-refractivity contribution in [2.75, 3.05) is 0 Å². The average Bonchev–Trinajstić information content (AvgIpc) is 3.36. The summed E-state index contributed by atoms with van der Waals surface area (Å²) in [6.07, 6.45) is 7.13. The summed E-state index contributed by atoms with van der Waals surface area (Å²) in [6, 6.07) is 19.1. The van der Waals surface area contributed by atoms with Gasteiger partial charge in [-0.05, 0) is 22.1 Å². The van der Waals surface area contributed by atoms with Crippen molar-refractivity contribution in [2.24, 2.45) is 7.05 Å². The minimum absolute atomic E-state index is 0.0877. The van der Waals surface area contributed by atoms with E-state index in [1.807, 2.05) is 46.9 Å². The molecule has 0 fully saturated rings. The predicted octanol–water partition coefficient (Wildman–Crippen LogP) is 4.15. The van der Waals surface area contributed by atoms with Crippen LogP contribution in [-0.2, 0) is 18.0 Å². The maximum Gasteiger partial charge on any atom is 0.172 e. The van der Waals surface area contributed by atoms with E-state index in [9.17, 15) is 0 Å². The van der Waals surface area contributed by atoms with E-state index >= 15 is 0 Å². The Morgan fingerprint density at radius 2 is 1.46 bits per heavy atom. The molecule has 0 saturated heterocycles. The summed E-state index contributed by atoms with van der Waals surface area (Å²) in [5.74, 6) is 0.882. The normalized spacial score (nSPS) is 14.0. The van der Waals surface area contributed by atoms with Crippen LogP contribution in [0.1, 0.15) is 43.3 Å². The molecule has 0 bridgehead atoms. The Kier molecular flexibility index (Phi) is 4.38. The van der Waals surface area contributed by atoms with Crippen LogP contribution in [0.25, 0.3) is 0 Å². The quantitative estimate of drug-likeness (QED) is 0.541. The van der Waals surface area contributed by atoms with Crippen LogP contribution in [0.5, 0.6) is 0 Å². The van der Waals surface area contributed by atoms with E-state index in [1.54, 1.807) is 12.7 Å². The van der Waals surface area contributed by atoms with Crippen molar-refractivity contribution in [1.82, 2.24) is 24.3 Å². The van der Waals surface area contributed by atoms with Gasteiger partial charge in [-0.1, -0.05) is 75.4 Å². The molecule has 5 heteroatoms. The summed E-state index contributed by atoms with van der Waals surface area (Å²) in [6.45, 7) is 6.67. The summed E-state index contributed by atoms with van der Waals surface area (Å²) >= 11 is 0. The molecular weight excluding hydrogens is 346 g/mol. The lowest BCUT2D eigenvalue weighted by Gasteiger charge is -2.35. The molecule has 2 heterocycles. The van der Waals surface area contributed by atoms with Gasteiger partial charge in [0.25, 0.3) is 0 Å². The van der Waals surface area contributed by atoms with Crippen LogP contribution in [0.3, 0.4) is 0 Å². The van der Waals surface area contributed by atoms with E-state index in [4.69, 9.17) is 4.98 Å². The minimum Gasteiger partial charge on any atom is -0.335 e. The molecule has 2 aromatic heterocycles. The first-order valence-corrected chi connectivity index (χ1v) is 9.43. The third-order valence-electron chi connectivity index (χ3n) is 5.27. The first-order valence-electron chi connectivity index (χ1n) is 9.43. The summed E-state index contributed by atoms with van der Waals surface area (Å²) in [5.41, 5.74) is 2.83. The number of nitrogens with zero attached hydrogens (tertiary/aromatic N) is 5. The summed E-state index contributed by atoms with van der Waals surface area (Å²) in [5, 5.41) is 4.56. The van der Waals surface area contributed by atoms with Gasteiger partial charge in [0.2, 0.25) is 0 Å². The number of imidazole rings is 1. The molecule has 0 aliphatic carbocycles. The van der Waals surface area contributed by atoms with Crippen LogP contribution in [-0.4, -0.2) is 24.3 Å². The number of hydrogen-bond acceptors (Lipinski definition) is 3. The van der Waals surface area contributed by atoms with Gasteiger partial charge in [-0.3, -0.25) is 0 Å². The SMILES string of the molecule is Cn1ccnc1C(c1ccccc1)(c1ccc(C(C)(C)C)cc1)n1cncn1. The number of rotatable bonds is 4. The second-order valence-corrected chi connectivity index (χ2v) is 8.11. The second kappa shape index (κ2) is 6.75. The highest BCUT2D eigenvalue weighted by Gasteiger charge is 2.42. The van der Waals surface area contributed by atoms with Crippen molar-refractivity contribution in [3.05, 3.63) is 102 Å². The van der Waals surface area contributed by atoms with Gasteiger partial charge in [0.15, 0.2) is 5.54 Å². The molecular formula is C23H25N5. The van der Waals surface area contributed by atoms with Crippen LogP contribution < -0.4 is 0 Å². The van der Waals surface area contributed by atoms with Gasteiger partial charge in [-0.15, -0.1) is 0 Å². The Bertz CT molecular complexity index is 1040. The molecule has 0 aliphatic rings. The van der Waals surface area contributed by atoms with E-state index in [1.165, 1.54) is 5.56 Å². The Morgan fingerprint density at radius 3 is 2.00 bits per heavy atom. The fourth-order valence-electron chi connectivity index (χ4n) is 3.78. The molecule has 0 N–H and O–H groups in total. The molecule has 1 unspecified atom stereocenters. The van der Waals surface area contributed by atoms with Gasteiger partial charge >= 0.3 is 0 Å². The van der Waals surface area contributed by atoms with Crippen LogP contribution in [0.15, 0.2) is 79.6 Å². The highest BCUT2D eigenvalue weighted by atomic mass is 15.4. The third-order valence-corrected chi connectivity index (χ3v) is 5.27. The van der Waals surface area contributed by atoms with Crippen molar-refractivity contribution in [3.63, 3.8) is 0 Å². The van der Waals surface area contributed by atoms with Gasteiger partial charge in [0, 0.05) is 19.4 Å². The van der Waals surface area contributed by atoms with Crippen LogP contribution in [0, 0.1) is 0 Å². The van der Waals surface area contributed by atoms with Crippen LogP contribution in [0.2, 0.25) is 0 Å². The number of benzene rings is 2. The molecule has 4 rings (SSSR count). The Hall–Kier alpha value is -3.21. The zero-order valence-corrected chi connectivity index (χ0v) is 16.7. The maximum atomic E-state index is 4.74. The predicted molar refractivity (Wildman–Crippen MR) is 110 cm³/mol. The molecule has 1 atom stereocenters. The monoisotopic (exact) mass is 371 g/mol. The van der Waals surface area contributed by atoms with E-state index in [0.717, 1.165) is 17.0 Å². The second-order valence-electron chi connectivity index (χ2n) is 8.11. The van der Waals surface area contributed by atoms with Gasteiger partial charge in [0.05, 0.1) is 0 Å². The fourth-order valence-corrected chi connectivity index (χ4v) is 3.78. The van der Waals surface area contributed by atoms with Crippen molar-refractivity contribution >= 4 is 0 Å². The third kappa shape index (κ3) is 2.83. The van der Waals surface area contributed by atoms with Gasteiger partial charge < -0.3 is 4.57 Å². The lowest BCUT2D eigenvalue weighted by Crippen LogP contribution is -2.40. The van der Waals surface area contributed by atoms with Gasteiger partial charge in [-0.2, -0.15) is 5.10 Å². The van der Waals surface area contributed by atoms with E-state index in [-0.39, 0.29) is 5.41 Å². The Balaban J connectivity index is 2.05. The van der Waals surface area contributed by atoms with Crippen LogP contribution in [0.4, 0.5) is 0 Å². The molecule has 2 aromatic carbocycles. The summed E-state index contributed by atoms with van der Waals surface area (Å²) in [4.78, 5) is 8.99. The number of hydrogen-bond donors (Lipinski definition) is 0. The maximum absolute atomic E-state index is 4.74. The zero-order valence-electron chi connectivity index (χ0n) is 16.7. The van der Waals surface area contributed by atoms with E-state index in [0.29, 0.717) is 0 Å². The summed E-state index contributed by atoms with van der Waals surface area (Å²) < 4.78 is 3.95. The zero-order chi connectivity index (χ0) is 19.8. The molecule has 28 heavy (non-hydrogen) atoms. The number of aryl methyl sites for hydroxylation is 1. The van der Waals surface area contributed by atoms with Crippen molar-refractivity contribution in [2.45, 2.75) is 31.7 Å². The van der Waals surface area contributed by atoms with Gasteiger partial charge in [-0.25, -0.2) is 14.6 Å². The van der Waals surface area contributed by atoms with E-state index in [2.05, 4.69) is 67.3 Å². The number of aromatic nitrogens is 5. The van der Waals surface area contributed by atoms with Crippen molar-refractivity contribution in [3.8, 4) is 0 Å². The first kappa shape index (κ1) is 18.2. The minimum atomic E-state index is -0.716. The van der Waals surface area contributed by atoms with Crippen molar-refractivity contribution < 1.29 is 0 Å². The molecule has 4 aromatic rings. The lowest BCUT2D eigenvalue weighted by molar-refractivity contribution is 0.422. The molecule has 0 radical (unpaired) electrons. The first-order chi connectivity index (χ1) is 13.4. The van der Waals surface area contributed by atoms with Gasteiger partial charge in [0.1, 0.15) is 18.5 Å². The Morgan fingerprint density at radius 1 is 0.821 bits per heavy atom. The van der Waals surface area contributed by atoms with Crippen molar-refractivity contribution in [1.29, 1.82) is 0 Å². The van der Waals surface area contributed by atoms with E-state index < -0.39 is 5.54 Å². The standard InChI is InChI=1S/C23H25N5/c1-22(2,3)18-10-12-20(13-11-18)23(28-17-24-16-26-28,19-8-6-5-7-9-19)21-25-14-15-27(21)4/h5-17H,1-4H3. The molecule has 142 valence electrons. The molecule has 0 saturated carbocycles. The largest absolute Gasteiger partial charge is 0.335 e. The molecule has 0 spiro atoms. The Labute approximate surface area is 165 Å².